The van der Waals surface area contributed by atoms with Gasteiger partial charge in [-0.3, -0.25) is 0 Å². The predicted octanol–water partition coefficient (Wildman–Crippen LogP) is 3.12. The average Bonchev–Trinajstić information content (AvgIpc) is 2.84. The Morgan fingerprint density at radius 3 is 2.88 bits per heavy atom. The Kier molecular flexibility index (Phi) is 4.05. The molecule has 0 aliphatic carbocycles. The molecule has 0 bridgehead atoms. The van der Waals surface area contributed by atoms with Crippen LogP contribution in [0.15, 0.2) is 21.2 Å². The minimum Gasteiger partial charge on any atom is -0.453 e. The fraction of sp³-hybridized carbons (Fsp3) is 0.667. The maximum atomic E-state index is 5.64. The van der Waals surface area contributed by atoms with Gasteiger partial charge in [-0.1, -0.05) is 6.92 Å². The number of hydrogen-bond donors (Lipinski definition) is 1. The Hall–Kier alpha value is -0.320. The van der Waals surface area contributed by atoms with Crippen LogP contribution >= 0.6 is 15.9 Å². The molecule has 1 saturated heterocycles. The lowest BCUT2D eigenvalue weighted by atomic mass is 9.95. The number of furan rings is 1. The molecule has 4 heteroatoms. The van der Waals surface area contributed by atoms with Crippen LogP contribution < -0.4 is 5.32 Å². The van der Waals surface area contributed by atoms with Crippen molar-refractivity contribution in [1.29, 1.82) is 0 Å². The van der Waals surface area contributed by atoms with Gasteiger partial charge in [0, 0.05) is 5.92 Å². The summed E-state index contributed by atoms with van der Waals surface area (Å²) in [6.07, 6.45) is 1.46. The molecule has 90 valence electrons. The van der Waals surface area contributed by atoms with Gasteiger partial charge in [0.2, 0.25) is 0 Å². The molecule has 1 aromatic rings. The van der Waals surface area contributed by atoms with Gasteiger partial charge in [-0.2, -0.15) is 0 Å². The fourth-order valence-corrected chi connectivity index (χ4v) is 2.62. The second-order valence-corrected chi connectivity index (χ2v) is 5.10. The van der Waals surface area contributed by atoms with Gasteiger partial charge in [0.25, 0.3) is 0 Å². The van der Waals surface area contributed by atoms with Crippen LogP contribution in [0.2, 0.25) is 0 Å². The van der Waals surface area contributed by atoms with Crippen molar-refractivity contribution < 1.29 is 9.15 Å². The van der Waals surface area contributed by atoms with Gasteiger partial charge in [0.1, 0.15) is 5.76 Å². The first-order valence-corrected chi connectivity index (χ1v) is 6.60. The van der Waals surface area contributed by atoms with Crippen molar-refractivity contribution in [3.63, 3.8) is 0 Å². The van der Waals surface area contributed by atoms with Gasteiger partial charge in [-0.25, -0.2) is 0 Å². The van der Waals surface area contributed by atoms with E-state index in [9.17, 15) is 0 Å². The second-order valence-electron chi connectivity index (χ2n) is 4.32. The molecular weight excluding hydrogens is 270 g/mol. The Balaban J connectivity index is 2.10. The van der Waals surface area contributed by atoms with Crippen molar-refractivity contribution in [2.45, 2.75) is 32.4 Å². The summed E-state index contributed by atoms with van der Waals surface area (Å²) in [4.78, 5) is 0. The van der Waals surface area contributed by atoms with E-state index in [1.807, 2.05) is 12.1 Å². The second kappa shape index (κ2) is 5.34. The molecule has 0 spiro atoms. The predicted molar refractivity (Wildman–Crippen MR) is 66.3 cm³/mol. The van der Waals surface area contributed by atoms with E-state index in [-0.39, 0.29) is 6.04 Å². The largest absolute Gasteiger partial charge is 0.453 e. The lowest BCUT2D eigenvalue weighted by Crippen LogP contribution is -2.28. The van der Waals surface area contributed by atoms with Gasteiger partial charge in [-0.15, -0.1) is 0 Å². The molecule has 3 unspecified atom stereocenters. The van der Waals surface area contributed by atoms with E-state index in [4.69, 9.17) is 9.15 Å². The Labute approximate surface area is 105 Å². The quantitative estimate of drug-likeness (QED) is 0.924. The normalized spacial score (nSPS) is 27.2. The summed E-state index contributed by atoms with van der Waals surface area (Å²) in [6, 6.07) is 4.24. The first-order valence-electron chi connectivity index (χ1n) is 5.81. The van der Waals surface area contributed by atoms with Crippen LogP contribution in [-0.2, 0) is 4.74 Å². The molecular formula is C12H18BrNO2. The molecule has 3 atom stereocenters. The molecule has 1 aromatic heterocycles. The first kappa shape index (κ1) is 12.1. The highest BCUT2D eigenvalue weighted by atomic mass is 79.9. The van der Waals surface area contributed by atoms with Crippen molar-refractivity contribution in [2.75, 3.05) is 13.2 Å². The topological polar surface area (TPSA) is 34.4 Å². The van der Waals surface area contributed by atoms with E-state index >= 15 is 0 Å². The summed E-state index contributed by atoms with van der Waals surface area (Å²) < 4.78 is 12.1. The minimum absolute atomic E-state index is 0.265. The molecule has 0 amide bonds. The number of halogens is 1. The van der Waals surface area contributed by atoms with Crippen molar-refractivity contribution in [3.05, 3.63) is 22.6 Å². The van der Waals surface area contributed by atoms with E-state index in [2.05, 4.69) is 35.1 Å². The number of hydrogen-bond acceptors (Lipinski definition) is 3. The van der Waals surface area contributed by atoms with Crippen molar-refractivity contribution in [1.82, 2.24) is 5.32 Å². The van der Waals surface area contributed by atoms with Crippen LogP contribution in [0.5, 0.6) is 0 Å². The highest BCUT2D eigenvalue weighted by molar-refractivity contribution is 9.10. The molecule has 0 saturated carbocycles. The van der Waals surface area contributed by atoms with Crippen LogP contribution in [0.1, 0.15) is 32.1 Å². The molecule has 2 rings (SSSR count). The van der Waals surface area contributed by atoms with E-state index in [1.54, 1.807) is 0 Å². The fourth-order valence-electron chi connectivity index (χ4n) is 2.30. The molecule has 1 fully saturated rings. The van der Waals surface area contributed by atoms with Gasteiger partial charge >= 0.3 is 0 Å². The van der Waals surface area contributed by atoms with Crippen molar-refractivity contribution >= 4 is 15.9 Å². The Bertz CT molecular complexity index is 340. The maximum Gasteiger partial charge on any atom is 0.169 e. The maximum absolute atomic E-state index is 5.64. The highest BCUT2D eigenvalue weighted by Crippen LogP contribution is 2.33. The third-order valence-electron chi connectivity index (χ3n) is 3.03. The molecule has 3 nitrogen and oxygen atoms in total. The zero-order valence-corrected chi connectivity index (χ0v) is 11.3. The Morgan fingerprint density at radius 2 is 2.38 bits per heavy atom. The monoisotopic (exact) mass is 287 g/mol. The summed E-state index contributed by atoms with van der Waals surface area (Å²) in [5.41, 5.74) is 0. The summed E-state index contributed by atoms with van der Waals surface area (Å²) in [6.45, 7) is 6.00. The van der Waals surface area contributed by atoms with Crippen molar-refractivity contribution in [2.24, 2.45) is 5.92 Å². The van der Waals surface area contributed by atoms with E-state index < -0.39 is 0 Å². The first-order chi connectivity index (χ1) is 7.70. The summed E-state index contributed by atoms with van der Waals surface area (Å²) >= 11 is 3.35. The zero-order valence-electron chi connectivity index (χ0n) is 9.70. The summed E-state index contributed by atoms with van der Waals surface area (Å²) in [5, 5.41) is 3.48. The smallest absolute Gasteiger partial charge is 0.169 e. The van der Waals surface area contributed by atoms with Gasteiger partial charge in [0.05, 0.1) is 18.8 Å². The van der Waals surface area contributed by atoms with E-state index in [0.717, 1.165) is 30.0 Å². The molecule has 1 aliphatic rings. The number of ether oxygens (including phenoxy) is 1. The van der Waals surface area contributed by atoms with Gasteiger partial charge in [-0.05, 0) is 48.0 Å². The molecule has 16 heavy (non-hydrogen) atoms. The highest BCUT2D eigenvalue weighted by Gasteiger charge is 2.31. The van der Waals surface area contributed by atoms with Crippen molar-refractivity contribution in [3.8, 4) is 0 Å². The minimum atomic E-state index is 0.265. The molecule has 2 heterocycles. The molecule has 1 aliphatic heterocycles. The molecule has 0 radical (unpaired) electrons. The zero-order chi connectivity index (χ0) is 11.5. The molecule has 0 aromatic carbocycles. The third-order valence-corrected chi connectivity index (χ3v) is 3.45. The SMILES string of the molecule is CCNC(c1ccc(Br)o1)C1COC(C)C1. The van der Waals surface area contributed by atoms with Gasteiger partial charge in [0.15, 0.2) is 4.67 Å². The van der Waals surface area contributed by atoms with E-state index in [0.29, 0.717) is 12.0 Å². The number of nitrogens with one attached hydrogen (secondary N) is 1. The number of rotatable bonds is 4. The Morgan fingerprint density at radius 1 is 1.56 bits per heavy atom. The lowest BCUT2D eigenvalue weighted by Gasteiger charge is -2.21. The van der Waals surface area contributed by atoms with Crippen LogP contribution in [0.3, 0.4) is 0 Å². The molecule has 1 N–H and O–H groups in total. The van der Waals surface area contributed by atoms with Crippen LogP contribution in [0.4, 0.5) is 0 Å². The lowest BCUT2D eigenvalue weighted by molar-refractivity contribution is 0.116. The van der Waals surface area contributed by atoms with Crippen LogP contribution in [-0.4, -0.2) is 19.3 Å². The summed E-state index contributed by atoms with van der Waals surface area (Å²) in [5.74, 6) is 1.50. The van der Waals surface area contributed by atoms with Crippen LogP contribution in [0, 0.1) is 5.92 Å². The summed E-state index contributed by atoms with van der Waals surface area (Å²) in [7, 11) is 0. The van der Waals surface area contributed by atoms with Crippen LogP contribution in [0.25, 0.3) is 0 Å². The standard InChI is InChI=1S/C12H18BrNO2/c1-3-14-12(9-6-8(2)15-7-9)10-4-5-11(13)16-10/h4-5,8-9,12,14H,3,6-7H2,1-2H3. The average molecular weight is 288 g/mol. The third kappa shape index (κ3) is 2.67. The van der Waals surface area contributed by atoms with Gasteiger partial charge < -0.3 is 14.5 Å². The van der Waals surface area contributed by atoms with E-state index in [1.165, 1.54) is 0 Å².